The molecule has 2 amide bonds. The van der Waals surface area contributed by atoms with Crippen molar-refractivity contribution in [2.75, 3.05) is 31.1 Å². The second-order valence-electron chi connectivity index (χ2n) is 7.19. The molecule has 1 saturated heterocycles. The average molecular weight is 387 g/mol. The molecule has 2 aromatic rings. The monoisotopic (exact) mass is 387 g/mol. The van der Waals surface area contributed by atoms with E-state index in [1.807, 2.05) is 17.9 Å². The predicted molar refractivity (Wildman–Crippen MR) is 104 cm³/mol. The first kappa shape index (κ1) is 19.9. The van der Waals surface area contributed by atoms with Gasteiger partial charge in [-0.2, -0.15) is 0 Å². The molecule has 1 unspecified atom stereocenters. The Morgan fingerprint density at radius 3 is 2.54 bits per heavy atom. The zero-order chi connectivity index (χ0) is 19.9. The first-order valence-electron chi connectivity index (χ1n) is 9.59. The van der Waals surface area contributed by atoms with Crippen molar-refractivity contribution >= 4 is 17.5 Å². The van der Waals surface area contributed by atoms with Crippen molar-refractivity contribution in [2.24, 2.45) is 5.92 Å². The van der Waals surface area contributed by atoms with E-state index in [9.17, 15) is 14.0 Å². The van der Waals surface area contributed by atoms with E-state index in [1.54, 1.807) is 35.4 Å². The van der Waals surface area contributed by atoms with Crippen LogP contribution in [0, 0.1) is 11.7 Å². The molecule has 1 aliphatic heterocycles. The largest absolute Gasteiger partial charge is 0.467 e. The van der Waals surface area contributed by atoms with Crippen LogP contribution in [0.2, 0.25) is 0 Å². The molecular weight excluding hydrogens is 361 g/mol. The molecular formula is C21H26FN3O3. The fourth-order valence-corrected chi connectivity index (χ4v) is 3.39. The van der Waals surface area contributed by atoms with Crippen LogP contribution in [-0.2, 0) is 16.1 Å². The minimum Gasteiger partial charge on any atom is -0.467 e. The SMILES string of the molecule is CC(CC(=O)NCc1ccco1)CC(=O)N1CCN(c2ccccc2F)CC1. The van der Waals surface area contributed by atoms with E-state index in [4.69, 9.17) is 4.42 Å². The van der Waals surface area contributed by atoms with E-state index in [-0.39, 0.29) is 23.5 Å². The second kappa shape index (κ2) is 9.39. The molecule has 1 aliphatic rings. The maximum atomic E-state index is 13.9. The Morgan fingerprint density at radius 1 is 1.11 bits per heavy atom. The van der Waals surface area contributed by atoms with Crippen LogP contribution in [0.1, 0.15) is 25.5 Å². The minimum atomic E-state index is -0.239. The first-order chi connectivity index (χ1) is 13.5. The summed E-state index contributed by atoms with van der Waals surface area (Å²) in [5.41, 5.74) is 0.580. The number of furan rings is 1. The van der Waals surface area contributed by atoms with Crippen molar-refractivity contribution in [3.8, 4) is 0 Å². The summed E-state index contributed by atoms with van der Waals surface area (Å²) in [6.07, 6.45) is 2.18. The van der Waals surface area contributed by atoms with E-state index in [0.29, 0.717) is 57.0 Å². The number of anilines is 1. The number of carbonyl (C=O) groups excluding carboxylic acids is 2. The Morgan fingerprint density at radius 2 is 1.86 bits per heavy atom. The van der Waals surface area contributed by atoms with Gasteiger partial charge in [-0.1, -0.05) is 19.1 Å². The third-order valence-corrected chi connectivity index (χ3v) is 4.92. The molecule has 1 N–H and O–H groups in total. The van der Waals surface area contributed by atoms with Crippen molar-refractivity contribution in [1.29, 1.82) is 0 Å². The van der Waals surface area contributed by atoms with Crippen molar-refractivity contribution < 1.29 is 18.4 Å². The van der Waals surface area contributed by atoms with Gasteiger partial charge in [0.1, 0.15) is 11.6 Å². The average Bonchev–Trinajstić information content (AvgIpc) is 3.20. The highest BCUT2D eigenvalue weighted by atomic mass is 19.1. The number of para-hydroxylation sites is 1. The summed E-state index contributed by atoms with van der Waals surface area (Å²) in [4.78, 5) is 28.3. The highest BCUT2D eigenvalue weighted by Crippen LogP contribution is 2.21. The van der Waals surface area contributed by atoms with Gasteiger partial charge in [-0.25, -0.2) is 4.39 Å². The molecule has 150 valence electrons. The van der Waals surface area contributed by atoms with Crippen LogP contribution in [0.4, 0.5) is 10.1 Å². The number of halogens is 1. The van der Waals surface area contributed by atoms with E-state index in [2.05, 4.69) is 5.32 Å². The molecule has 1 fully saturated rings. The number of nitrogens with zero attached hydrogens (tertiary/aromatic N) is 2. The van der Waals surface area contributed by atoms with Crippen molar-refractivity contribution in [2.45, 2.75) is 26.3 Å². The van der Waals surface area contributed by atoms with E-state index < -0.39 is 0 Å². The summed E-state index contributed by atoms with van der Waals surface area (Å²) in [5, 5.41) is 2.80. The van der Waals surface area contributed by atoms with E-state index in [0.717, 1.165) is 0 Å². The molecule has 1 aromatic carbocycles. The van der Waals surface area contributed by atoms with Crippen molar-refractivity contribution in [3.05, 3.63) is 54.2 Å². The number of rotatable bonds is 7. The molecule has 28 heavy (non-hydrogen) atoms. The quantitative estimate of drug-likeness (QED) is 0.793. The van der Waals surface area contributed by atoms with Crippen molar-refractivity contribution in [3.63, 3.8) is 0 Å². The number of benzene rings is 1. The number of piperazine rings is 1. The van der Waals surface area contributed by atoms with Gasteiger partial charge in [0.15, 0.2) is 0 Å². The molecule has 3 rings (SSSR count). The highest BCUT2D eigenvalue weighted by molar-refractivity contribution is 5.79. The van der Waals surface area contributed by atoms with Gasteiger partial charge in [-0.3, -0.25) is 9.59 Å². The lowest BCUT2D eigenvalue weighted by atomic mass is 10.0. The van der Waals surface area contributed by atoms with Crippen LogP contribution in [0.5, 0.6) is 0 Å². The zero-order valence-corrected chi connectivity index (χ0v) is 16.1. The summed E-state index contributed by atoms with van der Waals surface area (Å²) in [6, 6.07) is 10.3. The van der Waals surface area contributed by atoms with Gasteiger partial charge >= 0.3 is 0 Å². The molecule has 0 saturated carbocycles. The Labute approximate surface area is 164 Å². The highest BCUT2D eigenvalue weighted by Gasteiger charge is 2.24. The van der Waals surface area contributed by atoms with Crippen molar-refractivity contribution in [1.82, 2.24) is 10.2 Å². The summed E-state index contributed by atoms with van der Waals surface area (Å²) in [7, 11) is 0. The van der Waals surface area contributed by atoms with Crippen LogP contribution < -0.4 is 10.2 Å². The molecule has 0 radical (unpaired) electrons. The van der Waals surface area contributed by atoms with Crippen LogP contribution in [-0.4, -0.2) is 42.9 Å². The number of hydrogen-bond donors (Lipinski definition) is 1. The topological polar surface area (TPSA) is 65.8 Å². The van der Waals surface area contributed by atoms with E-state index in [1.165, 1.54) is 6.07 Å². The lowest BCUT2D eigenvalue weighted by Gasteiger charge is -2.36. The molecule has 2 heterocycles. The van der Waals surface area contributed by atoms with Gasteiger partial charge in [0.25, 0.3) is 0 Å². The third-order valence-electron chi connectivity index (χ3n) is 4.92. The van der Waals surface area contributed by atoms with Gasteiger partial charge in [0.05, 0.1) is 18.5 Å². The molecule has 0 bridgehead atoms. The third kappa shape index (κ3) is 5.34. The molecule has 0 aliphatic carbocycles. The van der Waals surface area contributed by atoms with Crippen LogP contribution >= 0.6 is 0 Å². The second-order valence-corrected chi connectivity index (χ2v) is 7.19. The number of nitrogens with one attached hydrogen (secondary N) is 1. The molecule has 0 spiro atoms. The first-order valence-corrected chi connectivity index (χ1v) is 9.59. The Kier molecular flexibility index (Phi) is 6.68. The smallest absolute Gasteiger partial charge is 0.222 e. The zero-order valence-electron chi connectivity index (χ0n) is 16.1. The fraction of sp³-hybridized carbons (Fsp3) is 0.429. The number of hydrogen-bond acceptors (Lipinski definition) is 4. The van der Waals surface area contributed by atoms with Crippen LogP contribution in [0.3, 0.4) is 0 Å². The maximum Gasteiger partial charge on any atom is 0.222 e. The van der Waals surface area contributed by atoms with Crippen LogP contribution in [0.15, 0.2) is 47.1 Å². The van der Waals surface area contributed by atoms with E-state index >= 15 is 0 Å². The summed E-state index contributed by atoms with van der Waals surface area (Å²) < 4.78 is 19.1. The lowest BCUT2D eigenvalue weighted by molar-refractivity contribution is -0.132. The maximum absolute atomic E-state index is 13.9. The summed E-state index contributed by atoms with van der Waals surface area (Å²) >= 11 is 0. The number of amides is 2. The van der Waals surface area contributed by atoms with Gasteiger partial charge < -0.3 is 19.5 Å². The van der Waals surface area contributed by atoms with Gasteiger partial charge in [0, 0.05) is 39.0 Å². The normalized spacial score (nSPS) is 15.4. The molecule has 7 heteroatoms. The summed E-state index contributed by atoms with van der Waals surface area (Å²) in [5.74, 6) is 0.357. The lowest BCUT2D eigenvalue weighted by Crippen LogP contribution is -2.49. The molecule has 1 aromatic heterocycles. The van der Waals surface area contributed by atoms with Gasteiger partial charge in [0.2, 0.25) is 11.8 Å². The number of carbonyl (C=O) groups is 2. The predicted octanol–water partition coefficient (Wildman–Crippen LogP) is 2.80. The van der Waals surface area contributed by atoms with Crippen LogP contribution in [0.25, 0.3) is 0 Å². The molecule has 6 nitrogen and oxygen atoms in total. The fourth-order valence-electron chi connectivity index (χ4n) is 3.39. The Hall–Kier alpha value is -2.83. The Bertz CT molecular complexity index is 786. The Balaban J connectivity index is 1.40. The summed E-state index contributed by atoms with van der Waals surface area (Å²) in [6.45, 7) is 4.58. The van der Waals surface area contributed by atoms with Gasteiger partial charge in [-0.15, -0.1) is 0 Å². The molecule has 1 atom stereocenters. The minimum absolute atomic E-state index is 0.0412. The standard InChI is InChI=1S/C21H26FN3O3/c1-16(13-20(26)23-15-17-5-4-12-28-17)14-21(27)25-10-8-24(9-11-25)19-7-3-2-6-18(19)22/h2-7,12,16H,8-11,13-15H2,1H3,(H,23,26). The van der Waals surface area contributed by atoms with Gasteiger partial charge in [-0.05, 0) is 30.2 Å².